The Morgan fingerprint density at radius 1 is 1.14 bits per heavy atom. The van der Waals surface area contributed by atoms with Crippen LogP contribution in [0.15, 0.2) is 0 Å². The minimum absolute atomic E-state index is 0.187. The topological polar surface area (TPSA) is 54.0 Å². The molecule has 0 saturated carbocycles. The molecule has 0 aliphatic carbocycles. The minimum Gasteiger partial charge on any atom is -0.383 e. The average Bonchev–Trinajstić information content (AvgIpc) is 3.05. The number of methoxy groups -OCH3 is 1. The standard InChI is InChI=1S/C16H31N3O3/c1-21-12-6-17-14-16(20)19-9-4-15(5-10-19)22-13-11-18-7-2-3-8-18/h15,17H,2-14H2,1H3. The molecule has 0 aromatic heterocycles. The van der Waals surface area contributed by atoms with Crippen molar-refractivity contribution in [2.45, 2.75) is 31.8 Å². The summed E-state index contributed by atoms with van der Waals surface area (Å²) in [5.74, 6) is 0.187. The number of ether oxygens (including phenoxy) is 2. The molecule has 2 aliphatic heterocycles. The average molecular weight is 313 g/mol. The molecule has 0 atom stereocenters. The first-order chi connectivity index (χ1) is 10.8. The molecule has 128 valence electrons. The summed E-state index contributed by atoms with van der Waals surface area (Å²) in [6.07, 6.45) is 4.92. The van der Waals surface area contributed by atoms with Crippen molar-refractivity contribution in [2.75, 3.05) is 66.1 Å². The summed E-state index contributed by atoms with van der Waals surface area (Å²) in [7, 11) is 1.66. The monoisotopic (exact) mass is 313 g/mol. The number of piperidine rings is 1. The number of likely N-dealkylation sites (tertiary alicyclic amines) is 2. The summed E-state index contributed by atoms with van der Waals surface area (Å²) in [5, 5.41) is 3.11. The fourth-order valence-corrected chi connectivity index (χ4v) is 3.11. The summed E-state index contributed by atoms with van der Waals surface area (Å²) >= 11 is 0. The molecule has 0 bridgehead atoms. The molecule has 1 N–H and O–H groups in total. The van der Waals surface area contributed by atoms with Gasteiger partial charge in [-0.05, 0) is 38.8 Å². The Morgan fingerprint density at radius 2 is 1.86 bits per heavy atom. The highest BCUT2D eigenvalue weighted by molar-refractivity contribution is 5.78. The third-order valence-corrected chi connectivity index (χ3v) is 4.51. The van der Waals surface area contributed by atoms with Crippen molar-refractivity contribution in [3.05, 3.63) is 0 Å². The lowest BCUT2D eigenvalue weighted by Crippen LogP contribution is -2.45. The van der Waals surface area contributed by atoms with Crippen molar-refractivity contribution in [1.82, 2.24) is 15.1 Å². The second kappa shape index (κ2) is 10.2. The van der Waals surface area contributed by atoms with Crippen molar-refractivity contribution in [3.8, 4) is 0 Å². The Morgan fingerprint density at radius 3 is 2.55 bits per heavy atom. The zero-order chi connectivity index (χ0) is 15.6. The van der Waals surface area contributed by atoms with E-state index in [-0.39, 0.29) is 5.91 Å². The smallest absolute Gasteiger partial charge is 0.236 e. The van der Waals surface area contributed by atoms with Crippen LogP contribution in [-0.2, 0) is 14.3 Å². The largest absolute Gasteiger partial charge is 0.383 e. The van der Waals surface area contributed by atoms with Crippen LogP contribution < -0.4 is 5.32 Å². The maximum atomic E-state index is 12.0. The van der Waals surface area contributed by atoms with Gasteiger partial charge in [-0.25, -0.2) is 0 Å². The van der Waals surface area contributed by atoms with Gasteiger partial charge in [-0.15, -0.1) is 0 Å². The predicted molar refractivity (Wildman–Crippen MR) is 86.0 cm³/mol. The first kappa shape index (κ1) is 17.7. The second-order valence-corrected chi connectivity index (χ2v) is 6.17. The van der Waals surface area contributed by atoms with Crippen LogP contribution in [0.3, 0.4) is 0 Å². The normalized spacial score (nSPS) is 20.7. The van der Waals surface area contributed by atoms with Crippen LogP contribution in [0.1, 0.15) is 25.7 Å². The molecule has 22 heavy (non-hydrogen) atoms. The highest BCUT2D eigenvalue weighted by Crippen LogP contribution is 2.14. The minimum atomic E-state index is 0.187. The molecule has 1 amide bonds. The van der Waals surface area contributed by atoms with Gasteiger partial charge in [0.15, 0.2) is 0 Å². The lowest BCUT2D eigenvalue weighted by molar-refractivity contribution is -0.132. The summed E-state index contributed by atoms with van der Waals surface area (Å²) in [5.41, 5.74) is 0. The van der Waals surface area contributed by atoms with Crippen LogP contribution in [0.25, 0.3) is 0 Å². The van der Waals surface area contributed by atoms with Crippen LogP contribution in [0.4, 0.5) is 0 Å². The maximum Gasteiger partial charge on any atom is 0.236 e. The molecule has 0 aromatic carbocycles. The Labute approximate surface area is 134 Å². The van der Waals surface area contributed by atoms with Crippen LogP contribution in [-0.4, -0.2) is 87.9 Å². The van der Waals surface area contributed by atoms with Crippen molar-refractivity contribution in [1.29, 1.82) is 0 Å². The third-order valence-electron chi connectivity index (χ3n) is 4.51. The molecule has 2 rings (SSSR count). The zero-order valence-corrected chi connectivity index (χ0v) is 13.9. The van der Waals surface area contributed by atoms with Crippen molar-refractivity contribution < 1.29 is 14.3 Å². The van der Waals surface area contributed by atoms with E-state index in [1.54, 1.807) is 7.11 Å². The van der Waals surface area contributed by atoms with Gasteiger partial charge in [0.25, 0.3) is 0 Å². The van der Waals surface area contributed by atoms with E-state index >= 15 is 0 Å². The number of carbonyl (C=O) groups is 1. The predicted octanol–water partition coefficient (Wildman–Crippen LogP) is 0.326. The van der Waals surface area contributed by atoms with Crippen LogP contribution >= 0.6 is 0 Å². The molecular formula is C16H31N3O3. The summed E-state index contributed by atoms with van der Waals surface area (Å²) in [6.45, 7) is 7.75. The Hall–Kier alpha value is -0.690. The SMILES string of the molecule is COCCNCC(=O)N1CCC(OCCN2CCCC2)CC1. The number of hydrogen-bond donors (Lipinski definition) is 1. The van der Waals surface area contributed by atoms with E-state index in [1.165, 1.54) is 25.9 Å². The molecule has 6 nitrogen and oxygen atoms in total. The van der Waals surface area contributed by atoms with Crippen molar-refractivity contribution >= 4 is 5.91 Å². The van der Waals surface area contributed by atoms with Crippen LogP contribution in [0.5, 0.6) is 0 Å². The van der Waals surface area contributed by atoms with Crippen LogP contribution in [0, 0.1) is 0 Å². The molecule has 2 aliphatic rings. The van der Waals surface area contributed by atoms with Crippen molar-refractivity contribution in [2.24, 2.45) is 0 Å². The van der Waals surface area contributed by atoms with Gasteiger partial charge in [0.1, 0.15) is 0 Å². The van der Waals surface area contributed by atoms with Crippen LogP contribution in [0.2, 0.25) is 0 Å². The Kier molecular flexibility index (Phi) is 8.15. The first-order valence-corrected chi connectivity index (χ1v) is 8.61. The van der Waals surface area contributed by atoms with Gasteiger partial charge in [0.05, 0.1) is 25.9 Å². The molecule has 0 unspecified atom stereocenters. The number of amides is 1. The van der Waals surface area contributed by atoms with Gasteiger partial charge in [-0.1, -0.05) is 0 Å². The van der Waals surface area contributed by atoms with E-state index in [0.717, 1.165) is 45.6 Å². The molecule has 0 spiro atoms. The van der Waals surface area contributed by atoms with Gasteiger partial charge >= 0.3 is 0 Å². The molecule has 0 radical (unpaired) electrons. The molecule has 2 fully saturated rings. The van der Waals surface area contributed by atoms with E-state index in [9.17, 15) is 4.79 Å². The molecule has 6 heteroatoms. The van der Waals surface area contributed by atoms with Crippen molar-refractivity contribution in [3.63, 3.8) is 0 Å². The zero-order valence-electron chi connectivity index (χ0n) is 13.9. The number of hydrogen-bond acceptors (Lipinski definition) is 5. The third kappa shape index (κ3) is 6.20. The van der Waals surface area contributed by atoms with Gasteiger partial charge in [-0.3, -0.25) is 4.79 Å². The fraction of sp³-hybridized carbons (Fsp3) is 0.938. The van der Waals surface area contributed by atoms with Gasteiger partial charge in [-0.2, -0.15) is 0 Å². The summed E-state index contributed by atoms with van der Waals surface area (Å²) in [4.78, 5) is 16.5. The van der Waals surface area contributed by atoms with E-state index in [2.05, 4.69) is 10.2 Å². The van der Waals surface area contributed by atoms with E-state index in [0.29, 0.717) is 19.3 Å². The van der Waals surface area contributed by atoms with Gasteiger partial charge < -0.3 is 24.6 Å². The number of rotatable bonds is 9. The first-order valence-electron chi connectivity index (χ1n) is 8.61. The second-order valence-electron chi connectivity index (χ2n) is 6.17. The molecule has 2 saturated heterocycles. The molecular weight excluding hydrogens is 282 g/mol. The quantitative estimate of drug-likeness (QED) is 0.622. The fourth-order valence-electron chi connectivity index (χ4n) is 3.11. The van der Waals surface area contributed by atoms with E-state index < -0.39 is 0 Å². The summed E-state index contributed by atoms with van der Waals surface area (Å²) < 4.78 is 10.9. The highest BCUT2D eigenvalue weighted by atomic mass is 16.5. The Bertz CT molecular complexity index is 314. The van der Waals surface area contributed by atoms with Gasteiger partial charge in [0.2, 0.25) is 5.91 Å². The van der Waals surface area contributed by atoms with E-state index in [1.807, 2.05) is 4.90 Å². The molecule has 0 aromatic rings. The lowest BCUT2D eigenvalue weighted by Gasteiger charge is -2.32. The maximum absolute atomic E-state index is 12.0. The summed E-state index contributed by atoms with van der Waals surface area (Å²) in [6, 6.07) is 0. The highest BCUT2D eigenvalue weighted by Gasteiger charge is 2.23. The number of nitrogens with zero attached hydrogens (tertiary/aromatic N) is 2. The van der Waals surface area contributed by atoms with E-state index in [4.69, 9.17) is 9.47 Å². The lowest BCUT2D eigenvalue weighted by atomic mass is 10.1. The number of carbonyl (C=O) groups excluding carboxylic acids is 1. The molecule has 2 heterocycles. The Balaban J connectivity index is 1.52. The van der Waals surface area contributed by atoms with Gasteiger partial charge in [0, 0.05) is 33.3 Å². The number of nitrogens with one attached hydrogen (secondary N) is 1.